The molecular formula is C19H22N2O2S. The second-order valence-corrected chi connectivity index (χ2v) is 7.65. The van der Waals surface area contributed by atoms with Gasteiger partial charge in [0.2, 0.25) is 5.91 Å². The van der Waals surface area contributed by atoms with Crippen LogP contribution < -0.4 is 10.1 Å². The largest absolute Gasteiger partial charge is 0.493 e. The van der Waals surface area contributed by atoms with Crippen LogP contribution in [0.5, 0.6) is 5.75 Å². The highest BCUT2D eigenvalue weighted by Crippen LogP contribution is 2.29. The van der Waals surface area contributed by atoms with Gasteiger partial charge in [-0.25, -0.2) is 4.98 Å². The van der Waals surface area contributed by atoms with E-state index in [0.29, 0.717) is 6.42 Å². The van der Waals surface area contributed by atoms with E-state index in [9.17, 15) is 4.79 Å². The number of nitrogens with zero attached hydrogens (tertiary/aromatic N) is 1. The van der Waals surface area contributed by atoms with Crippen molar-refractivity contribution in [2.75, 3.05) is 11.9 Å². The lowest BCUT2D eigenvalue weighted by Crippen LogP contribution is -2.14. The third kappa shape index (κ3) is 3.46. The van der Waals surface area contributed by atoms with Crippen molar-refractivity contribution in [3.8, 4) is 5.75 Å². The fraction of sp³-hybridized carbons (Fsp3) is 0.474. The van der Waals surface area contributed by atoms with Gasteiger partial charge in [0, 0.05) is 11.3 Å². The summed E-state index contributed by atoms with van der Waals surface area (Å²) in [5.74, 6) is 0.967. The molecule has 126 valence electrons. The molecule has 4 nitrogen and oxygen atoms in total. The van der Waals surface area contributed by atoms with Crippen molar-refractivity contribution in [1.29, 1.82) is 0 Å². The first kappa shape index (κ1) is 15.6. The molecule has 0 fully saturated rings. The Morgan fingerprint density at radius 1 is 1.17 bits per heavy atom. The van der Waals surface area contributed by atoms with Crippen molar-refractivity contribution in [2.45, 2.75) is 51.4 Å². The molecule has 0 spiro atoms. The van der Waals surface area contributed by atoms with Crippen molar-refractivity contribution < 1.29 is 9.53 Å². The molecule has 0 unspecified atom stereocenters. The molecule has 0 atom stereocenters. The Morgan fingerprint density at radius 3 is 2.96 bits per heavy atom. The zero-order chi connectivity index (χ0) is 16.4. The van der Waals surface area contributed by atoms with Gasteiger partial charge < -0.3 is 10.1 Å². The molecule has 0 saturated heterocycles. The summed E-state index contributed by atoms with van der Waals surface area (Å²) in [5.41, 5.74) is 3.44. The SMILES string of the molecule is O=C(Cc1ccc2c(c1)CCO2)Nc1nc2c(s1)CCCCCC2. The number of benzene rings is 1. The number of aryl methyl sites for hydroxylation is 2. The Kier molecular flexibility index (Phi) is 4.52. The Balaban J connectivity index is 1.41. The van der Waals surface area contributed by atoms with Gasteiger partial charge >= 0.3 is 0 Å². The molecule has 1 aliphatic heterocycles. The summed E-state index contributed by atoms with van der Waals surface area (Å²) in [4.78, 5) is 18.4. The third-order valence-corrected chi connectivity index (χ3v) is 5.78. The minimum Gasteiger partial charge on any atom is -0.493 e. The normalized spacial score (nSPS) is 16.5. The van der Waals surface area contributed by atoms with Gasteiger partial charge in [0.1, 0.15) is 5.75 Å². The van der Waals surface area contributed by atoms with E-state index >= 15 is 0 Å². The summed E-state index contributed by atoms with van der Waals surface area (Å²) in [7, 11) is 0. The number of hydrogen-bond donors (Lipinski definition) is 1. The topological polar surface area (TPSA) is 51.2 Å². The average molecular weight is 342 g/mol. The van der Waals surface area contributed by atoms with E-state index in [1.165, 1.54) is 41.8 Å². The summed E-state index contributed by atoms with van der Waals surface area (Å²) in [6.07, 6.45) is 8.52. The summed E-state index contributed by atoms with van der Waals surface area (Å²) >= 11 is 1.65. The first-order valence-corrected chi connectivity index (χ1v) is 9.62. The lowest BCUT2D eigenvalue weighted by atomic mass is 10.0. The van der Waals surface area contributed by atoms with Crippen LogP contribution in [0.25, 0.3) is 0 Å². The van der Waals surface area contributed by atoms with Crippen LogP contribution in [0.4, 0.5) is 5.13 Å². The van der Waals surface area contributed by atoms with Gasteiger partial charge in [0.25, 0.3) is 0 Å². The molecule has 1 aliphatic carbocycles. The van der Waals surface area contributed by atoms with Crippen LogP contribution in [0, 0.1) is 0 Å². The standard InChI is InChI=1S/C19H22N2O2S/c22-18(12-13-7-8-16-14(11-13)9-10-23-16)21-19-20-15-5-3-1-2-4-6-17(15)24-19/h7-8,11H,1-6,9-10,12H2,(H,20,21,22). The fourth-order valence-electron chi connectivity index (χ4n) is 3.46. The molecule has 24 heavy (non-hydrogen) atoms. The fourth-order valence-corrected chi connectivity index (χ4v) is 4.52. The first-order valence-electron chi connectivity index (χ1n) is 8.81. The van der Waals surface area contributed by atoms with Gasteiger partial charge in [-0.15, -0.1) is 11.3 Å². The summed E-state index contributed by atoms with van der Waals surface area (Å²) in [6.45, 7) is 0.746. The number of ether oxygens (including phenoxy) is 1. The van der Waals surface area contributed by atoms with Gasteiger partial charge in [-0.05, 0) is 42.9 Å². The van der Waals surface area contributed by atoms with Gasteiger partial charge in [0.15, 0.2) is 5.13 Å². The highest BCUT2D eigenvalue weighted by Gasteiger charge is 2.16. The van der Waals surface area contributed by atoms with Crippen molar-refractivity contribution in [3.05, 3.63) is 39.9 Å². The van der Waals surface area contributed by atoms with E-state index in [4.69, 9.17) is 4.74 Å². The van der Waals surface area contributed by atoms with Crippen molar-refractivity contribution in [1.82, 2.24) is 4.98 Å². The molecule has 5 heteroatoms. The first-order chi connectivity index (χ1) is 11.8. The predicted molar refractivity (Wildman–Crippen MR) is 96.0 cm³/mol. The Bertz CT molecular complexity index is 728. The highest BCUT2D eigenvalue weighted by atomic mass is 32.1. The quantitative estimate of drug-likeness (QED) is 0.920. The van der Waals surface area contributed by atoms with E-state index in [0.717, 1.165) is 42.3 Å². The van der Waals surface area contributed by atoms with Gasteiger partial charge in [-0.3, -0.25) is 4.79 Å². The second kappa shape index (κ2) is 6.93. The van der Waals surface area contributed by atoms with Gasteiger partial charge in [-0.1, -0.05) is 25.0 Å². The minimum atomic E-state index is 0.00980. The van der Waals surface area contributed by atoms with E-state index in [1.807, 2.05) is 12.1 Å². The number of thiazole rings is 1. The molecule has 4 rings (SSSR count). The third-order valence-electron chi connectivity index (χ3n) is 4.71. The van der Waals surface area contributed by atoms with E-state index in [2.05, 4.69) is 16.4 Å². The maximum atomic E-state index is 12.4. The molecule has 1 aromatic heterocycles. The second-order valence-electron chi connectivity index (χ2n) is 6.57. The van der Waals surface area contributed by atoms with Gasteiger partial charge in [0.05, 0.1) is 18.7 Å². The number of carbonyl (C=O) groups is 1. The lowest BCUT2D eigenvalue weighted by Gasteiger charge is -2.06. The van der Waals surface area contributed by atoms with Gasteiger partial charge in [-0.2, -0.15) is 0 Å². The molecule has 2 aliphatic rings. The number of nitrogens with one attached hydrogen (secondary N) is 1. The number of rotatable bonds is 3. The van der Waals surface area contributed by atoms with E-state index in [1.54, 1.807) is 11.3 Å². The number of aromatic nitrogens is 1. The van der Waals surface area contributed by atoms with Crippen molar-refractivity contribution in [3.63, 3.8) is 0 Å². The number of fused-ring (bicyclic) bond motifs is 2. The van der Waals surface area contributed by atoms with Crippen molar-refractivity contribution >= 4 is 22.4 Å². The summed E-state index contributed by atoms with van der Waals surface area (Å²) in [5, 5.41) is 3.75. The molecule has 0 saturated carbocycles. The monoisotopic (exact) mass is 342 g/mol. The zero-order valence-corrected chi connectivity index (χ0v) is 14.6. The van der Waals surface area contributed by atoms with Crippen LogP contribution in [0.2, 0.25) is 0 Å². The molecule has 0 radical (unpaired) electrons. The Labute approximate surface area is 146 Å². The highest BCUT2D eigenvalue weighted by molar-refractivity contribution is 7.15. The van der Waals surface area contributed by atoms with Crippen LogP contribution in [0.3, 0.4) is 0 Å². The number of carbonyl (C=O) groups excluding carboxylic acids is 1. The molecule has 1 N–H and O–H groups in total. The lowest BCUT2D eigenvalue weighted by molar-refractivity contribution is -0.115. The van der Waals surface area contributed by atoms with Crippen LogP contribution in [0.1, 0.15) is 47.4 Å². The van der Waals surface area contributed by atoms with E-state index in [-0.39, 0.29) is 5.91 Å². The van der Waals surface area contributed by atoms with Crippen molar-refractivity contribution in [2.24, 2.45) is 0 Å². The van der Waals surface area contributed by atoms with Crippen LogP contribution in [0.15, 0.2) is 18.2 Å². The molecule has 1 amide bonds. The molecule has 2 aromatic rings. The maximum Gasteiger partial charge on any atom is 0.230 e. The summed E-state index contributed by atoms with van der Waals surface area (Å²) < 4.78 is 5.51. The number of amides is 1. The minimum absolute atomic E-state index is 0.00980. The Hall–Kier alpha value is -1.88. The summed E-state index contributed by atoms with van der Waals surface area (Å²) in [6, 6.07) is 6.04. The smallest absolute Gasteiger partial charge is 0.230 e. The van der Waals surface area contributed by atoms with Crippen LogP contribution >= 0.6 is 11.3 Å². The van der Waals surface area contributed by atoms with Crippen LogP contribution in [-0.2, 0) is 30.5 Å². The number of hydrogen-bond acceptors (Lipinski definition) is 4. The molecule has 2 heterocycles. The average Bonchev–Trinajstić information content (AvgIpc) is 3.14. The van der Waals surface area contributed by atoms with Crippen LogP contribution in [-0.4, -0.2) is 17.5 Å². The Morgan fingerprint density at radius 2 is 2.04 bits per heavy atom. The zero-order valence-electron chi connectivity index (χ0n) is 13.8. The predicted octanol–water partition coefficient (Wildman–Crippen LogP) is 3.92. The van der Waals surface area contributed by atoms with E-state index < -0.39 is 0 Å². The molecule has 1 aromatic carbocycles. The maximum absolute atomic E-state index is 12.4. The number of anilines is 1. The molecule has 0 bridgehead atoms. The molecular weight excluding hydrogens is 320 g/mol.